The molecule has 0 spiro atoms. The van der Waals surface area contributed by atoms with Crippen molar-refractivity contribution in [3.05, 3.63) is 0 Å². The largest absolute Gasteiger partial charge is 0.396 e. The van der Waals surface area contributed by atoms with Crippen molar-refractivity contribution in [1.82, 2.24) is 4.90 Å². The molecule has 4 heteroatoms. The van der Waals surface area contributed by atoms with Gasteiger partial charge in [-0.05, 0) is 18.8 Å². The van der Waals surface area contributed by atoms with E-state index in [0.717, 1.165) is 13.1 Å². The molecule has 0 aliphatic carbocycles. The Morgan fingerprint density at radius 1 is 1.33 bits per heavy atom. The van der Waals surface area contributed by atoms with E-state index in [1.54, 1.807) is 0 Å². The van der Waals surface area contributed by atoms with E-state index < -0.39 is 0 Å². The molecular weight excluding hydrogens is 190 g/mol. The van der Waals surface area contributed by atoms with Crippen LogP contribution in [0.5, 0.6) is 0 Å². The highest BCUT2D eigenvalue weighted by molar-refractivity contribution is 5.78. The molecule has 4 nitrogen and oxygen atoms in total. The van der Waals surface area contributed by atoms with Crippen LogP contribution in [0.2, 0.25) is 0 Å². The van der Waals surface area contributed by atoms with Gasteiger partial charge in [-0.15, -0.1) is 0 Å². The number of aliphatic hydroxyl groups excluding tert-OH is 1. The lowest BCUT2D eigenvalue weighted by Gasteiger charge is -2.21. The molecule has 0 radical (unpaired) electrons. The third-order valence-electron chi connectivity index (χ3n) is 2.81. The van der Waals surface area contributed by atoms with Gasteiger partial charge in [0.25, 0.3) is 0 Å². The van der Waals surface area contributed by atoms with Gasteiger partial charge in [0, 0.05) is 26.2 Å². The van der Waals surface area contributed by atoms with E-state index in [1.807, 2.05) is 6.92 Å². The molecule has 15 heavy (non-hydrogen) atoms. The average molecular weight is 213 g/mol. The summed E-state index contributed by atoms with van der Waals surface area (Å²) in [6.45, 7) is 4.83. The maximum atomic E-state index is 8.88. The number of nitrogens with two attached hydrogens (primary N) is 1. The third-order valence-corrected chi connectivity index (χ3v) is 2.81. The highest BCUT2D eigenvalue weighted by Gasteiger charge is 2.10. The summed E-state index contributed by atoms with van der Waals surface area (Å²) in [5.74, 6) is 0.854. The first kappa shape index (κ1) is 12.3. The van der Waals surface area contributed by atoms with Crippen molar-refractivity contribution in [1.29, 1.82) is 0 Å². The molecule has 88 valence electrons. The molecule has 1 atom stereocenters. The van der Waals surface area contributed by atoms with Crippen LogP contribution in [0.15, 0.2) is 4.99 Å². The average Bonchev–Trinajstić information content (AvgIpc) is 2.53. The van der Waals surface area contributed by atoms with Gasteiger partial charge in [-0.1, -0.05) is 19.8 Å². The Labute approximate surface area is 92.2 Å². The second-order valence-electron chi connectivity index (χ2n) is 4.39. The first-order chi connectivity index (χ1) is 7.24. The zero-order valence-corrected chi connectivity index (χ0v) is 9.65. The lowest BCUT2D eigenvalue weighted by atomic mass is 10.2. The van der Waals surface area contributed by atoms with E-state index in [9.17, 15) is 0 Å². The molecule has 1 aliphatic heterocycles. The SMILES string of the molecule is CC(CO)CN=C(N)N1CCCCCC1. The summed E-state index contributed by atoms with van der Waals surface area (Å²) < 4.78 is 0. The van der Waals surface area contributed by atoms with Crippen LogP contribution in [0.25, 0.3) is 0 Å². The van der Waals surface area contributed by atoms with Crippen molar-refractivity contribution in [2.75, 3.05) is 26.2 Å². The highest BCUT2D eigenvalue weighted by atomic mass is 16.3. The fourth-order valence-electron chi connectivity index (χ4n) is 1.71. The zero-order valence-electron chi connectivity index (χ0n) is 9.65. The highest BCUT2D eigenvalue weighted by Crippen LogP contribution is 2.09. The van der Waals surface area contributed by atoms with Crippen molar-refractivity contribution in [2.45, 2.75) is 32.6 Å². The van der Waals surface area contributed by atoms with Crippen LogP contribution in [0, 0.1) is 5.92 Å². The maximum Gasteiger partial charge on any atom is 0.191 e. The van der Waals surface area contributed by atoms with E-state index in [0.29, 0.717) is 12.5 Å². The van der Waals surface area contributed by atoms with E-state index in [1.165, 1.54) is 25.7 Å². The van der Waals surface area contributed by atoms with Crippen molar-refractivity contribution in [3.63, 3.8) is 0 Å². The van der Waals surface area contributed by atoms with E-state index in [-0.39, 0.29) is 12.5 Å². The molecule has 0 bridgehead atoms. The van der Waals surface area contributed by atoms with Crippen LogP contribution >= 0.6 is 0 Å². The standard InChI is InChI=1S/C11H23N3O/c1-10(9-15)8-13-11(12)14-6-4-2-3-5-7-14/h10,15H,2-9H2,1H3,(H2,12,13). The number of likely N-dealkylation sites (tertiary alicyclic amines) is 1. The Bertz CT molecular complexity index is 198. The molecule has 1 heterocycles. The third kappa shape index (κ3) is 4.51. The number of hydrogen-bond donors (Lipinski definition) is 2. The van der Waals surface area contributed by atoms with E-state index >= 15 is 0 Å². The molecule has 0 amide bonds. The van der Waals surface area contributed by atoms with Gasteiger partial charge in [0.2, 0.25) is 0 Å². The molecule has 0 aromatic carbocycles. The first-order valence-electron chi connectivity index (χ1n) is 5.89. The lowest BCUT2D eigenvalue weighted by Crippen LogP contribution is -2.38. The Balaban J connectivity index is 2.39. The van der Waals surface area contributed by atoms with Crippen molar-refractivity contribution < 1.29 is 5.11 Å². The Morgan fingerprint density at radius 3 is 2.47 bits per heavy atom. The molecule has 1 rings (SSSR count). The normalized spacial score (nSPS) is 21.2. The Kier molecular flexibility index (Phi) is 5.47. The number of rotatable bonds is 3. The summed E-state index contributed by atoms with van der Waals surface area (Å²) in [6.07, 6.45) is 5.03. The van der Waals surface area contributed by atoms with Gasteiger partial charge in [-0.2, -0.15) is 0 Å². The number of hydrogen-bond acceptors (Lipinski definition) is 2. The minimum absolute atomic E-state index is 0.177. The summed E-state index contributed by atoms with van der Waals surface area (Å²) >= 11 is 0. The quantitative estimate of drug-likeness (QED) is 0.538. The van der Waals surface area contributed by atoms with Crippen LogP contribution < -0.4 is 5.73 Å². The second kappa shape index (κ2) is 6.67. The molecule has 0 saturated carbocycles. The fraction of sp³-hybridized carbons (Fsp3) is 0.909. The fourth-order valence-corrected chi connectivity index (χ4v) is 1.71. The predicted molar refractivity (Wildman–Crippen MR) is 62.8 cm³/mol. The van der Waals surface area contributed by atoms with Gasteiger partial charge in [0.05, 0.1) is 0 Å². The number of aliphatic imine (C=N–C) groups is 1. The summed E-state index contributed by atoms with van der Waals surface area (Å²) in [6, 6.07) is 0. The Morgan fingerprint density at radius 2 is 1.93 bits per heavy atom. The second-order valence-corrected chi connectivity index (χ2v) is 4.39. The molecular formula is C11H23N3O. The van der Waals surface area contributed by atoms with Crippen LogP contribution in [0.3, 0.4) is 0 Å². The van der Waals surface area contributed by atoms with Crippen LogP contribution in [0.4, 0.5) is 0 Å². The van der Waals surface area contributed by atoms with Gasteiger partial charge in [-0.3, -0.25) is 4.99 Å². The topological polar surface area (TPSA) is 61.9 Å². The Hall–Kier alpha value is -0.770. The summed E-state index contributed by atoms with van der Waals surface area (Å²) in [4.78, 5) is 6.48. The molecule has 1 saturated heterocycles. The lowest BCUT2D eigenvalue weighted by molar-refractivity contribution is 0.241. The minimum Gasteiger partial charge on any atom is -0.396 e. The van der Waals surface area contributed by atoms with Gasteiger partial charge in [-0.25, -0.2) is 0 Å². The van der Waals surface area contributed by atoms with Crippen molar-refractivity contribution in [2.24, 2.45) is 16.6 Å². The first-order valence-corrected chi connectivity index (χ1v) is 5.89. The molecule has 1 unspecified atom stereocenters. The van der Waals surface area contributed by atoms with Gasteiger partial charge < -0.3 is 15.7 Å². The van der Waals surface area contributed by atoms with Crippen molar-refractivity contribution in [3.8, 4) is 0 Å². The number of aliphatic hydroxyl groups is 1. The summed E-state index contributed by atoms with van der Waals surface area (Å²) in [7, 11) is 0. The number of nitrogens with zero attached hydrogens (tertiary/aromatic N) is 2. The van der Waals surface area contributed by atoms with Gasteiger partial charge in [0.15, 0.2) is 5.96 Å². The predicted octanol–water partition coefficient (Wildman–Crippen LogP) is 0.805. The molecule has 3 N–H and O–H groups in total. The van der Waals surface area contributed by atoms with Crippen LogP contribution in [-0.4, -0.2) is 42.2 Å². The maximum absolute atomic E-state index is 8.88. The van der Waals surface area contributed by atoms with Gasteiger partial charge >= 0.3 is 0 Å². The molecule has 0 aromatic heterocycles. The minimum atomic E-state index is 0.177. The monoisotopic (exact) mass is 213 g/mol. The molecule has 1 aliphatic rings. The van der Waals surface area contributed by atoms with Gasteiger partial charge in [0.1, 0.15) is 0 Å². The smallest absolute Gasteiger partial charge is 0.191 e. The summed E-state index contributed by atoms with van der Waals surface area (Å²) in [5, 5.41) is 8.88. The van der Waals surface area contributed by atoms with Crippen molar-refractivity contribution >= 4 is 5.96 Å². The van der Waals surface area contributed by atoms with E-state index in [4.69, 9.17) is 10.8 Å². The zero-order chi connectivity index (χ0) is 11.1. The molecule has 0 aromatic rings. The number of guanidine groups is 1. The van der Waals surface area contributed by atoms with E-state index in [2.05, 4.69) is 9.89 Å². The van der Waals surface area contributed by atoms with Crippen LogP contribution in [0.1, 0.15) is 32.6 Å². The summed E-state index contributed by atoms with van der Waals surface area (Å²) in [5.41, 5.74) is 5.92. The molecule has 1 fully saturated rings. The van der Waals surface area contributed by atoms with Crippen LogP contribution in [-0.2, 0) is 0 Å².